The monoisotopic (exact) mass is 325 g/mol. The van der Waals surface area contributed by atoms with Gasteiger partial charge in [0.05, 0.1) is 30.0 Å². The summed E-state index contributed by atoms with van der Waals surface area (Å²) in [6.07, 6.45) is 0. The average Bonchev–Trinajstić information content (AvgIpc) is 2.50. The summed E-state index contributed by atoms with van der Waals surface area (Å²) in [5.41, 5.74) is 6.66. The van der Waals surface area contributed by atoms with Crippen molar-refractivity contribution in [2.24, 2.45) is 0 Å². The molecule has 2 N–H and O–H groups in total. The zero-order valence-electron chi connectivity index (χ0n) is 11.4. The lowest BCUT2D eigenvalue weighted by Crippen LogP contribution is -2.03. The van der Waals surface area contributed by atoms with Crippen molar-refractivity contribution >= 4 is 34.7 Å². The molecule has 2 aromatic rings. The Bertz CT molecular complexity index is 656. The largest absolute Gasteiger partial charge is 0.497 e. The number of carbonyl (C=O) groups excluding carboxylic acids is 1. The lowest BCUT2D eigenvalue weighted by molar-refractivity contribution is 0.103. The van der Waals surface area contributed by atoms with E-state index >= 15 is 0 Å². The fourth-order valence-corrected chi connectivity index (χ4v) is 2.31. The Balaban J connectivity index is 2.49. The molecule has 2 rings (SSSR count). The SMILES string of the molecule is COc1cc(OC)cc(C(=O)c2cc(Cl)c(N)c(Cl)c2)c1. The van der Waals surface area contributed by atoms with Crippen LogP contribution >= 0.6 is 23.2 Å². The molecule has 2 aromatic carbocycles. The average molecular weight is 326 g/mol. The van der Waals surface area contributed by atoms with Crippen molar-refractivity contribution in [3.63, 3.8) is 0 Å². The lowest BCUT2D eigenvalue weighted by atomic mass is 10.0. The molecule has 0 bridgehead atoms. The number of hydrogen-bond donors (Lipinski definition) is 1. The molecule has 0 saturated heterocycles. The predicted octanol–water partition coefficient (Wildman–Crippen LogP) is 3.82. The highest BCUT2D eigenvalue weighted by Crippen LogP contribution is 2.31. The third-order valence-electron chi connectivity index (χ3n) is 2.95. The van der Waals surface area contributed by atoms with E-state index in [2.05, 4.69) is 0 Å². The summed E-state index contributed by atoms with van der Waals surface area (Å²) in [6.45, 7) is 0. The maximum Gasteiger partial charge on any atom is 0.193 e. The van der Waals surface area contributed by atoms with Gasteiger partial charge in [0.25, 0.3) is 0 Å². The van der Waals surface area contributed by atoms with Crippen LogP contribution in [0.4, 0.5) is 5.69 Å². The highest BCUT2D eigenvalue weighted by Gasteiger charge is 2.15. The molecule has 0 unspecified atom stereocenters. The number of benzene rings is 2. The quantitative estimate of drug-likeness (QED) is 0.685. The van der Waals surface area contributed by atoms with E-state index in [1.807, 2.05) is 0 Å². The van der Waals surface area contributed by atoms with Crippen LogP contribution in [0.3, 0.4) is 0 Å². The Kier molecular flexibility index (Phi) is 4.60. The Morgan fingerprint density at radius 3 is 1.76 bits per heavy atom. The summed E-state index contributed by atoms with van der Waals surface area (Å²) in [7, 11) is 3.03. The van der Waals surface area contributed by atoms with Crippen molar-refractivity contribution in [2.75, 3.05) is 20.0 Å². The first-order valence-corrected chi connectivity index (χ1v) is 6.74. The second-order valence-corrected chi connectivity index (χ2v) is 5.10. The number of halogens is 2. The molecule has 0 heterocycles. The summed E-state index contributed by atoms with van der Waals surface area (Å²) in [5, 5.41) is 0.474. The predicted molar refractivity (Wildman–Crippen MR) is 83.9 cm³/mol. The van der Waals surface area contributed by atoms with Gasteiger partial charge in [0.1, 0.15) is 11.5 Å². The van der Waals surface area contributed by atoms with E-state index in [1.165, 1.54) is 26.4 Å². The van der Waals surface area contributed by atoms with Gasteiger partial charge in [-0.2, -0.15) is 0 Å². The van der Waals surface area contributed by atoms with Crippen molar-refractivity contribution in [2.45, 2.75) is 0 Å². The summed E-state index contributed by atoms with van der Waals surface area (Å²) in [6, 6.07) is 7.87. The first kappa shape index (κ1) is 15.5. The zero-order chi connectivity index (χ0) is 15.6. The smallest absolute Gasteiger partial charge is 0.193 e. The number of ether oxygens (including phenoxy) is 2. The van der Waals surface area contributed by atoms with E-state index in [0.717, 1.165) is 0 Å². The second-order valence-electron chi connectivity index (χ2n) is 4.28. The van der Waals surface area contributed by atoms with Gasteiger partial charge in [0.15, 0.2) is 5.78 Å². The number of ketones is 1. The van der Waals surface area contributed by atoms with Gasteiger partial charge in [-0.1, -0.05) is 23.2 Å². The highest BCUT2D eigenvalue weighted by molar-refractivity contribution is 6.39. The number of carbonyl (C=O) groups is 1. The Labute approximate surface area is 132 Å². The fraction of sp³-hybridized carbons (Fsp3) is 0.133. The third-order valence-corrected chi connectivity index (χ3v) is 3.58. The molecule has 0 radical (unpaired) electrons. The Hall–Kier alpha value is -1.91. The number of anilines is 1. The molecule has 21 heavy (non-hydrogen) atoms. The van der Waals surface area contributed by atoms with Gasteiger partial charge in [-0.05, 0) is 24.3 Å². The number of hydrogen-bond acceptors (Lipinski definition) is 4. The summed E-state index contributed by atoms with van der Waals surface area (Å²) >= 11 is 11.9. The van der Waals surface area contributed by atoms with Gasteiger partial charge in [-0.15, -0.1) is 0 Å². The van der Waals surface area contributed by atoms with Crippen LogP contribution in [-0.2, 0) is 0 Å². The second kappa shape index (κ2) is 6.24. The molecule has 0 aliphatic carbocycles. The highest BCUT2D eigenvalue weighted by atomic mass is 35.5. The molecule has 6 heteroatoms. The number of nitrogen functional groups attached to an aromatic ring is 1. The molecule has 0 atom stereocenters. The van der Waals surface area contributed by atoms with E-state index in [1.54, 1.807) is 18.2 Å². The van der Waals surface area contributed by atoms with Gasteiger partial charge < -0.3 is 15.2 Å². The van der Waals surface area contributed by atoms with E-state index < -0.39 is 0 Å². The molecule has 0 saturated carbocycles. The minimum absolute atomic E-state index is 0.237. The van der Waals surface area contributed by atoms with E-state index in [0.29, 0.717) is 22.6 Å². The van der Waals surface area contributed by atoms with Crippen LogP contribution in [-0.4, -0.2) is 20.0 Å². The maximum absolute atomic E-state index is 12.5. The van der Waals surface area contributed by atoms with E-state index in [4.69, 9.17) is 38.4 Å². The zero-order valence-corrected chi connectivity index (χ0v) is 13.0. The lowest BCUT2D eigenvalue weighted by Gasteiger charge is -2.09. The minimum atomic E-state index is -0.254. The third kappa shape index (κ3) is 3.23. The van der Waals surface area contributed by atoms with Crippen LogP contribution < -0.4 is 15.2 Å². The normalized spacial score (nSPS) is 10.3. The van der Waals surface area contributed by atoms with Crippen molar-refractivity contribution < 1.29 is 14.3 Å². The first-order chi connectivity index (χ1) is 9.96. The van der Waals surface area contributed by atoms with Crippen LogP contribution in [0.2, 0.25) is 10.0 Å². The van der Waals surface area contributed by atoms with Crippen LogP contribution in [0.5, 0.6) is 11.5 Å². The van der Waals surface area contributed by atoms with Crippen LogP contribution in [0.1, 0.15) is 15.9 Å². The van der Waals surface area contributed by atoms with Gasteiger partial charge in [-0.25, -0.2) is 0 Å². The summed E-state index contributed by atoms with van der Waals surface area (Å²) in [5.74, 6) is 0.784. The van der Waals surface area contributed by atoms with Crippen molar-refractivity contribution in [3.05, 3.63) is 51.5 Å². The van der Waals surface area contributed by atoms with Gasteiger partial charge in [0, 0.05) is 17.2 Å². The van der Waals surface area contributed by atoms with Gasteiger partial charge >= 0.3 is 0 Å². The molecular formula is C15H13Cl2NO3. The Morgan fingerprint density at radius 2 is 1.33 bits per heavy atom. The topological polar surface area (TPSA) is 61.5 Å². The number of methoxy groups -OCH3 is 2. The van der Waals surface area contributed by atoms with Gasteiger partial charge in [-0.3, -0.25) is 4.79 Å². The minimum Gasteiger partial charge on any atom is -0.497 e. The standard InChI is InChI=1S/C15H13Cl2NO3/c1-20-10-3-8(4-11(7-10)21-2)15(19)9-5-12(16)14(18)13(17)6-9/h3-7H,18H2,1-2H3. The van der Waals surface area contributed by atoms with Crippen LogP contribution in [0.15, 0.2) is 30.3 Å². The van der Waals surface area contributed by atoms with Crippen molar-refractivity contribution in [3.8, 4) is 11.5 Å². The number of rotatable bonds is 4. The van der Waals surface area contributed by atoms with Gasteiger partial charge in [0.2, 0.25) is 0 Å². The molecule has 0 aliphatic rings. The molecule has 4 nitrogen and oxygen atoms in total. The molecule has 0 aromatic heterocycles. The summed E-state index contributed by atoms with van der Waals surface area (Å²) in [4.78, 5) is 12.5. The fourth-order valence-electron chi connectivity index (χ4n) is 1.82. The molecule has 0 aliphatic heterocycles. The van der Waals surface area contributed by atoms with E-state index in [9.17, 15) is 4.79 Å². The maximum atomic E-state index is 12.5. The van der Waals surface area contributed by atoms with Crippen LogP contribution in [0, 0.1) is 0 Å². The van der Waals surface area contributed by atoms with Crippen molar-refractivity contribution in [1.82, 2.24) is 0 Å². The number of nitrogens with two attached hydrogens (primary N) is 1. The first-order valence-electron chi connectivity index (χ1n) is 5.98. The summed E-state index contributed by atoms with van der Waals surface area (Å²) < 4.78 is 10.3. The van der Waals surface area contributed by atoms with Crippen molar-refractivity contribution in [1.29, 1.82) is 0 Å². The molecule has 0 spiro atoms. The molecule has 0 amide bonds. The Morgan fingerprint density at radius 1 is 0.905 bits per heavy atom. The molecule has 0 fully saturated rings. The van der Waals surface area contributed by atoms with E-state index in [-0.39, 0.29) is 21.5 Å². The molecular weight excluding hydrogens is 313 g/mol. The molecule has 110 valence electrons. The van der Waals surface area contributed by atoms with Crippen LogP contribution in [0.25, 0.3) is 0 Å².